The summed E-state index contributed by atoms with van der Waals surface area (Å²) in [5, 5.41) is 14.9. The largest absolute Gasteiger partial charge is 0.324 e. The summed E-state index contributed by atoms with van der Waals surface area (Å²) in [6.45, 7) is 2.68. The lowest BCUT2D eigenvalue weighted by Gasteiger charge is -2.37. The molecule has 3 aromatic rings. The lowest BCUT2D eigenvalue weighted by Crippen LogP contribution is -2.52. The molecule has 0 bridgehead atoms. The van der Waals surface area contributed by atoms with E-state index in [1.807, 2.05) is 25.1 Å². The number of nitrogens with zero attached hydrogens (tertiary/aromatic N) is 2. The first-order valence-electron chi connectivity index (χ1n) is 12.1. The van der Waals surface area contributed by atoms with Crippen LogP contribution in [0.1, 0.15) is 45.8 Å². The molecule has 3 heterocycles. The molecule has 36 heavy (non-hydrogen) atoms. The number of ketones is 1. The van der Waals surface area contributed by atoms with E-state index in [2.05, 4.69) is 10.2 Å². The van der Waals surface area contributed by atoms with Gasteiger partial charge < -0.3 is 5.32 Å². The molecule has 8 heteroatoms. The van der Waals surface area contributed by atoms with Gasteiger partial charge >= 0.3 is 0 Å². The number of Topliss-reactive ketones (excluding diaryl/α,β-unsaturated/α-hetero) is 1. The second-order valence-electron chi connectivity index (χ2n) is 9.90. The standard InChI is InChI=1S/C28H24ClN3O4/c1-16-4-13-22-21(15-16)28(27(34)30-22)25(26(33)18-5-9-19(29)10-6-18)24(23-3-2-14-31(23)28)17-7-11-20(12-8-17)32(35)36/h4-13,15,23-25H,2-3,14H2,1H3,(H,30,34)/t23?,24?,25?,28-/m1/s1. The Balaban J connectivity index is 1.59. The quantitative estimate of drug-likeness (QED) is 0.291. The molecule has 3 unspecified atom stereocenters. The van der Waals surface area contributed by atoms with Gasteiger partial charge in [-0.05, 0) is 62.2 Å². The van der Waals surface area contributed by atoms with E-state index >= 15 is 0 Å². The summed E-state index contributed by atoms with van der Waals surface area (Å²) in [5.74, 6) is -1.34. The van der Waals surface area contributed by atoms with Crippen molar-refractivity contribution >= 4 is 34.7 Å². The van der Waals surface area contributed by atoms with E-state index in [4.69, 9.17) is 11.6 Å². The minimum Gasteiger partial charge on any atom is -0.324 e. The van der Waals surface area contributed by atoms with Gasteiger partial charge in [-0.15, -0.1) is 0 Å². The molecule has 7 nitrogen and oxygen atoms in total. The molecule has 2 saturated heterocycles. The molecule has 182 valence electrons. The minimum absolute atomic E-state index is 0.00473. The van der Waals surface area contributed by atoms with Crippen molar-refractivity contribution in [1.82, 2.24) is 4.90 Å². The van der Waals surface area contributed by atoms with E-state index in [0.717, 1.165) is 35.2 Å². The van der Waals surface area contributed by atoms with E-state index in [-0.39, 0.29) is 29.3 Å². The number of hydrogen-bond donors (Lipinski definition) is 1. The molecule has 0 radical (unpaired) electrons. The normalized spacial score (nSPS) is 26.6. The molecular weight excluding hydrogens is 478 g/mol. The molecule has 4 atom stereocenters. The molecule has 0 aliphatic carbocycles. The maximum atomic E-state index is 14.4. The van der Waals surface area contributed by atoms with Crippen molar-refractivity contribution in [3.05, 3.63) is 104 Å². The van der Waals surface area contributed by atoms with Crippen LogP contribution in [0.25, 0.3) is 0 Å². The van der Waals surface area contributed by atoms with Crippen molar-refractivity contribution in [2.45, 2.75) is 37.3 Å². The number of nitro groups is 1. The first kappa shape index (κ1) is 22.9. The summed E-state index contributed by atoms with van der Waals surface area (Å²) in [7, 11) is 0. The zero-order valence-corrected chi connectivity index (χ0v) is 20.4. The van der Waals surface area contributed by atoms with Crippen LogP contribution in [0.3, 0.4) is 0 Å². The highest BCUT2D eigenvalue weighted by molar-refractivity contribution is 6.30. The highest BCUT2D eigenvalue weighted by Gasteiger charge is 2.69. The van der Waals surface area contributed by atoms with Crippen LogP contribution in [-0.2, 0) is 10.3 Å². The van der Waals surface area contributed by atoms with Gasteiger partial charge in [0.15, 0.2) is 5.78 Å². The lowest BCUT2D eigenvalue weighted by molar-refractivity contribution is -0.384. The van der Waals surface area contributed by atoms with Crippen LogP contribution in [0, 0.1) is 23.0 Å². The number of halogens is 1. The first-order chi connectivity index (χ1) is 17.3. The van der Waals surface area contributed by atoms with E-state index in [0.29, 0.717) is 17.1 Å². The van der Waals surface area contributed by atoms with Gasteiger partial charge in [0.2, 0.25) is 5.91 Å². The maximum absolute atomic E-state index is 14.4. The van der Waals surface area contributed by atoms with E-state index in [9.17, 15) is 19.7 Å². The third-order valence-corrected chi connectivity index (χ3v) is 8.31. The van der Waals surface area contributed by atoms with Gasteiger partial charge in [0, 0.05) is 45.9 Å². The number of amides is 1. The van der Waals surface area contributed by atoms with Crippen molar-refractivity contribution in [3.63, 3.8) is 0 Å². The number of aryl methyl sites for hydroxylation is 1. The van der Waals surface area contributed by atoms with Crippen LogP contribution in [0.4, 0.5) is 11.4 Å². The van der Waals surface area contributed by atoms with Crippen molar-refractivity contribution < 1.29 is 14.5 Å². The van der Waals surface area contributed by atoms with Gasteiger partial charge in [0.05, 0.1) is 10.8 Å². The molecule has 2 fully saturated rings. The zero-order valence-electron chi connectivity index (χ0n) is 19.6. The number of rotatable bonds is 4. The van der Waals surface area contributed by atoms with E-state index in [1.54, 1.807) is 36.4 Å². The van der Waals surface area contributed by atoms with Crippen LogP contribution >= 0.6 is 11.6 Å². The maximum Gasteiger partial charge on any atom is 0.269 e. The molecule has 1 amide bonds. The van der Waals surface area contributed by atoms with Crippen LogP contribution in [0.5, 0.6) is 0 Å². The predicted octanol–water partition coefficient (Wildman–Crippen LogP) is 5.46. The van der Waals surface area contributed by atoms with Crippen molar-refractivity contribution in [2.75, 3.05) is 11.9 Å². The average molecular weight is 502 g/mol. The van der Waals surface area contributed by atoms with Crippen molar-refractivity contribution in [2.24, 2.45) is 5.92 Å². The fourth-order valence-corrected chi connectivity index (χ4v) is 6.79. The Morgan fingerprint density at radius 1 is 1.11 bits per heavy atom. The summed E-state index contributed by atoms with van der Waals surface area (Å²) in [6, 6.07) is 19.1. The lowest BCUT2D eigenvalue weighted by atomic mass is 9.68. The zero-order chi connectivity index (χ0) is 25.2. The van der Waals surface area contributed by atoms with Crippen LogP contribution in [0.2, 0.25) is 5.02 Å². The molecule has 3 aliphatic heterocycles. The average Bonchev–Trinajstić information content (AvgIpc) is 3.52. The topological polar surface area (TPSA) is 92.5 Å². The Hall–Kier alpha value is -3.55. The number of benzene rings is 3. The summed E-state index contributed by atoms with van der Waals surface area (Å²) in [5.41, 5.74) is 2.73. The molecule has 3 aromatic carbocycles. The Morgan fingerprint density at radius 2 is 1.83 bits per heavy atom. The Labute approximate surface area is 213 Å². The molecule has 0 saturated carbocycles. The Bertz CT molecular complexity index is 1410. The third kappa shape index (κ3) is 3.16. The summed E-state index contributed by atoms with van der Waals surface area (Å²) in [6.07, 6.45) is 1.74. The fourth-order valence-electron chi connectivity index (χ4n) is 6.66. The van der Waals surface area contributed by atoms with E-state index < -0.39 is 16.4 Å². The number of carbonyl (C=O) groups is 2. The predicted molar refractivity (Wildman–Crippen MR) is 136 cm³/mol. The second kappa shape index (κ2) is 8.25. The SMILES string of the molecule is Cc1ccc2c(c1)[C@]1(C(=O)N2)C(C(=O)c2ccc(Cl)cc2)C(c2ccc([N+](=O)[O-])cc2)C2CCCN21. The molecule has 1 N–H and O–H groups in total. The number of nitrogens with one attached hydrogen (secondary N) is 1. The van der Waals surface area contributed by atoms with Crippen molar-refractivity contribution in [3.8, 4) is 0 Å². The van der Waals surface area contributed by atoms with Gasteiger partial charge in [0.1, 0.15) is 5.54 Å². The first-order valence-corrected chi connectivity index (χ1v) is 12.4. The molecular formula is C28H24ClN3O4. The number of anilines is 1. The molecule has 6 rings (SSSR count). The summed E-state index contributed by atoms with van der Waals surface area (Å²) >= 11 is 6.11. The van der Waals surface area contributed by atoms with Gasteiger partial charge in [-0.2, -0.15) is 0 Å². The molecule has 1 spiro atoms. The summed E-state index contributed by atoms with van der Waals surface area (Å²) in [4.78, 5) is 41.5. The highest BCUT2D eigenvalue weighted by Crippen LogP contribution is 2.61. The Kier molecular flexibility index (Phi) is 5.24. The summed E-state index contributed by atoms with van der Waals surface area (Å²) < 4.78 is 0. The van der Waals surface area contributed by atoms with Gasteiger partial charge in [-0.25, -0.2) is 0 Å². The van der Waals surface area contributed by atoms with Crippen LogP contribution < -0.4 is 5.32 Å². The molecule has 0 aromatic heterocycles. The van der Waals surface area contributed by atoms with E-state index in [1.165, 1.54) is 12.1 Å². The number of fused-ring (bicyclic) bond motifs is 4. The number of hydrogen-bond acceptors (Lipinski definition) is 5. The smallest absolute Gasteiger partial charge is 0.269 e. The second-order valence-corrected chi connectivity index (χ2v) is 10.3. The van der Waals surface area contributed by atoms with Crippen LogP contribution in [-0.4, -0.2) is 34.1 Å². The third-order valence-electron chi connectivity index (χ3n) is 8.06. The van der Waals surface area contributed by atoms with Gasteiger partial charge in [-0.1, -0.05) is 41.4 Å². The van der Waals surface area contributed by atoms with Gasteiger partial charge in [0.25, 0.3) is 5.69 Å². The number of non-ortho nitro benzene ring substituents is 1. The number of nitro benzene ring substituents is 1. The van der Waals surface area contributed by atoms with Crippen molar-refractivity contribution in [1.29, 1.82) is 0 Å². The number of carbonyl (C=O) groups excluding carboxylic acids is 2. The minimum atomic E-state index is -1.16. The Morgan fingerprint density at radius 3 is 2.53 bits per heavy atom. The highest BCUT2D eigenvalue weighted by atomic mass is 35.5. The van der Waals surface area contributed by atoms with Gasteiger partial charge in [-0.3, -0.25) is 24.6 Å². The fraction of sp³-hybridized carbons (Fsp3) is 0.286. The monoisotopic (exact) mass is 501 g/mol. The van der Waals surface area contributed by atoms with Crippen LogP contribution in [0.15, 0.2) is 66.7 Å². The molecule has 3 aliphatic rings.